The van der Waals surface area contributed by atoms with Crippen LogP contribution in [0.4, 0.5) is 0 Å². The summed E-state index contributed by atoms with van der Waals surface area (Å²) in [6, 6.07) is 9.77. The summed E-state index contributed by atoms with van der Waals surface area (Å²) in [4.78, 5) is 13.4. The van der Waals surface area contributed by atoms with Gasteiger partial charge in [0.15, 0.2) is 0 Å². The van der Waals surface area contributed by atoms with Crippen molar-refractivity contribution in [3.63, 3.8) is 0 Å². The minimum Gasteiger partial charge on any atom is -0.480 e. The van der Waals surface area contributed by atoms with E-state index >= 15 is 0 Å². The average molecular weight is 299 g/mol. The summed E-state index contributed by atoms with van der Waals surface area (Å²) in [7, 11) is 0. The maximum atomic E-state index is 11.4. The third-order valence-electron chi connectivity index (χ3n) is 4.25. The van der Waals surface area contributed by atoms with Gasteiger partial charge in [0.1, 0.15) is 6.04 Å². The topological polar surface area (TPSA) is 58.4 Å². The van der Waals surface area contributed by atoms with Crippen LogP contribution < -0.4 is 0 Å². The molecular weight excluding hydrogens is 278 g/mol. The van der Waals surface area contributed by atoms with E-state index < -0.39 is 5.97 Å². The molecule has 0 bridgehead atoms. The molecule has 1 fully saturated rings. The third-order valence-corrected chi connectivity index (χ3v) is 4.25. The SMILES string of the molecule is Cc1cc(C)n(-c2ccccc2CN2CCC[C@H]2C(=O)O)n1. The molecule has 0 radical (unpaired) electrons. The Morgan fingerprint density at radius 1 is 1.36 bits per heavy atom. The van der Waals surface area contributed by atoms with Crippen LogP contribution in [0.15, 0.2) is 30.3 Å². The highest BCUT2D eigenvalue weighted by Gasteiger charge is 2.30. The fourth-order valence-corrected chi connectivity index (χ4v) is 3.24. The van der Waals surface area contributed by atoms with Crippen LogP contribution in [0.3, 0.4) is 0 Å². The lowest BCUT2D eigenvalue weighted by Gasteiger charge is -2.22. The number of aliphatic carboxylic acids is 1. The molecule has 22 heavy (non-hydrogen) atoms. The molecule has 2 aromatic rings. The number of aryl methyl sites for hydroxylation is 2. The number of hydrogen-bond acceptors (Lipinski definition) is 3. The van der Waals surface area contributed by atoms with E-state index in [0.717, 1.165) is 42.0 Å². The first-order valence-electron chi connectivity index (χ1n) is 7.64. The first kappa shape index (κ1) is 14.8. The first-order chi connectivity index (χ1) is 10.6. The summed E-state index contributed by atoms with van der Waals surface area (Å²) in [5.41, 5.74) is 4.21. The van der Waals surface area contributed by atoms with E-state index in [0.29, 0.717) is 6.54 Å². The Morgan fingerprint density at radius 2 is 2.14 bits per heavy atom. The van der Waals surface area contributed by atoms with Crippen LogP contribution in [-0.4, -0.2) is 38.3 Å². The van der Waals surface area contributed by atoms with Crippen molar-refractivity contribution in [3.05, 3.63) is 47.3 Å². The predicted octanol–water partition coefficient (Wildman–Crippen LogP) is 2.54. The van der Waals surface area contributed by atoms with Gasteiger partial charge in [0.2, 0.25) is 0 Å². The number of carboxylic acids is 1. The van der Waals surface area contributed by atoms with Gasteiger partial charge in [-0.2, -0.15) is 5.10 Å². The Balaban J connectivity index is 1.92. The average Bonchev–Trinajstić information content (AvgIpc) is 3.06. The summed E-state index contributed by atoms with van der Waals surface area (Å²) < 4.78 is 1.94. The summed E-state index contributed by atoms with van der Waals surface area (Å²) in [6.07, 6.45) is 1.68. The molecule has 2 heterocycles. The second kappa shape index (κ2) is 5.93. The van der Waals surface area contributed by atoms with Crippen LogP contribution in [0.2, 0.25) is 0 Å². The van der Waals surface area contributed by atoms with Crippen molar-refractivity contribution >= 4 is 5.97 Å². The van der Waals surface area contributed by atoms with Crippen molar-refractivity contribution < 1.29 is 9.90 Å². The Bertz CT molecular complexity index is 693. The van der Waals surface area contributed by atoms with Gasteiger partial charge < -0.3 is 5.11 Å². The molecule has 1 aliphatic heterocycles. The fourth-order valence-electron chi connectivity index (χ4n) is 3.24. The highest BCUT2D eigenvalue weighted by Crippen LogP contribution is 2.24. The normalized spacial score (nSPS) is 18.7. The summed E-state index contributed by atoms with van der Waals surface area (Å²) in [5.74, 6) is -0.721. The molecule has 1 atom stereocenters. The van der Waals surface area contributed by atoms with Gasteiger partial charge in [-0.1, -0.05) is 18.2 Å². The molecule has 1 aromatic heterocycles. The largest absolute Gasteiger partial charge is 0.480 e. The fraction of sp³-hybridized carbons (Fsp3) is 0.412. The van der Waals surface area contributed by atoms with Gasteiger partial charge in [-0.3, -0.25) is 9.69 Å². The number of para-hydroxylation sites is 1. The van der Waals surface area contributed by atoms with E-state index in [1.54, 1.807) is 0 Å². The summed E-state index contributed by atoms with van der Waals surface area (Å²) in [5, 5.41) is 13.9. The molecule has 1 saturated heterocycles. The van der Waals surface area contributed by atoms with Crippen molar-refractivity contribution in [3.8, 4) is 5.69 Å². The standard InChI is InChI=1S/C17H21N3O2/c1-12-10-13(2)20(18-12)15-7-4-3-6-14(15)11-19-9-5-8-16(19)17(21)22/h3-4,6-7,10,16H,5,8-9,11H2,1-2H3,(H,21,22)/t16-/m0/s1. The molecule has 116 valence electrons. The maximum Gasteiger partial charge on any atom is 0.320 e. The van der Waals surface area contributed by atoms with E-state index in [-0.39, 0.29) is 6.04 Å². The third kappa shape index (κ3) is 2.76. The van der Waals surface area contributed by atoms with E-state index in [1.807, 2.05) is 47.7 Å². The van der Waals surface area contributed by atoms with Crippen molar-refractivity contribution in [1.82, 2.24) is 14.7 Å². The van der Waals surface area contributed by atoms with Gasteiger partial charge in [0.25, 0.3) is 0 Å². The van der Waals surface area contributed by atoms with Gasteiger partial charge in [0, 0.05) is 12.2 Å². The maximum absolute atomic E-state index is 11.4. The first-order valence-corrected chi connectivity index (χ1v) is 7.64. The lowest BCUT2D eigenvalue weighted by Crippen LogP contribution is -2.35. The number of aromatic nitrogens is 2. The van der Waals surface area contributed by atoms with Gasteiger partial charge in [0.05, 0.1) is 11.4 Å². The van der Waals surface area contributed by atoms with E-state index in [1.165, 1.54) is 0 Å². The van der Waals surface area contributed by atoms with Crippen molar-refractivity contribution in [2.75, 3.05) is 6.54 Å². The van der Waals surface area contributed by atoms with Crippen molar-refractivity contribution in [2.45, 2.75) is 39.3 Å². The number of carbonyl (C=O) groups is 1. The zero-order valence-electron chi connectivity index (χ0n) is 13.0. The van der Waals surface area contributed by atoms with Gasteiger partial charge in [-0.25, -0.2) is 4.68 Å². The number of nitrogens with zero attached hydrogens (tertiary/aromatic N) is 3. The molecule has 1 aromatic carbocycles. The van der Waals surface area contributed by atoms with Crippen LogP contribution in [0.5, 0.6) is 0 Å². The Labute approximate surface area is 130 Å². The Kier molecular flexibility index (Phi) is 3.98. The molecule has 0 amide bonds. The molecular formula is C17H21N3O2. The molecule has 5 nitrogen and oxygen atoms in total. The van der Waals surface area contributed by atoms with Crippen LogP contribution in [0.25, 0.3) is 5.69 Å². The van der Waals surface area contributed by atoms with E-state index in [2.05, 4.69) is 11.2 Å². The zero-order chi connectivity index (χ0) is 15.7. The molecule has 0 unspecified atom stereocenters. The number of likely N-dealkylation sites (tertiary alicyclic amines) is 1. The number of benzene rings is 1. The van der Waals surface area contributed by atoms with Crippen LogP contribution in [0, 0.1) is 13.8 Å². The van der Waals surface area contributed by atoms with Gasteiger partial charge in [-0.15, -0.1) is 0 Å². The second-order valence-corrected chi connectivity index (χ2v) is 5.93. The Morgan fingerprint density at radius 3 is 2.82 bits per heavy atom. The minimum atomic E-state index is -0.721. The smallest absolute Gasteiger partial charge is 0.320 e. The van der Waals surface area contributed by atoms with Crippen LogP contribution in [-0.2, 0) is 11.3 Å². The van der Waals surface area contributed by atoms with E-state index in [9.17, 15) is 9.90 Å². The van der Waals surface area contributed by atoms with Crippen LogP contribution >= 0.6 is 0 Å². The number of carboxylic acid groups (broad SMARTS) is 1. The number of rotatable bonds is 4. The van der Waals surface area contributed by atoms with Crippen molar-refractivity contribution in [2.24, 2.45) is 0 Å². The number of hydrogen-bond donors (Lipinski definition) is 1. The molecule has 1 aliphatic rings. The van der Waals surface area contributed by atoms with Gasteiger partial charge >= 0.3 is 5.97 Å². The minimum absolute atomic E-state index is 0.367. The van der Waals surface area contributed by atoms with Gasteiger partial charge in [-0.05, 0) is 50.9 Å². The summed E-state index contributed by atoms with van der Waals surface area (Å²) >= 11 is 0. The highest BCUT2D eigenvalue weighted by molar-refractivity contribution is 5.73. The molecule has 1 N–H and O–H groups in total. The molecule has 3 rings (SSSR count). The monoisotopic (exact) mass is 299 g/mol. The predicted molar refractivity (Wildman–Crippen MR) is 84.1 cm³/mol. The molecule has 0 aliphatic carbocycles. The lowest BCUT2D eigenvalue weighted by molar-refractivity contribution is -0.142. The summed E-state index contributed by atoms with van der Waals surface area (Å²) in [6.45, 7) is 5.49. The van der Waals surface area contributed by atoms with E-state index in [4.69, 9.17) is 0 Å². The van der Waals surface area contributed by atoms with Crippen molar-refractivity contribution in [1.29, 1.82) is 0 Å². The molecule has 5 heteroatoms. The second-order valence-electron chi connectivity index (χ2n) is 5.93. The van der Waals surface area contributed by atoms with Crippen LogP contribution in [0.1, 0.15) is 29.8 Å². The quantitative estimate of drug-likeness (QED) is 0.942. The molecule has 0 saturated carbocycles. The Hall–Kier alpha value is -2.14. The lowest BCUT2D eigenvalue weighted by atomic mass is 10.1. The molecule has 0 spiro atoms. The zero-order valence-corrected chi connectivity index (χ0v) is 13.0. The highest BCUT2D eigenvalue weighted by atomic mass is 16.4.